The first-order valence-electron chi connectivity index (χ1n) is 6.18. The third kappa shape index (κ3) is 3.85. The molecule has 0 fully saturated rings. The van der Waals surface area contributed by atoms with Crippen LogP contribution in [-0.4, -0.2) is 35.4 Å². The molecule has 0 aliphatic carbocycles. The van der Waals surface area contributed by atoms with E-state index in [1.165, 1.54) is 31.4 Å². The average Bonchev–Trinajstić information content (AvgIpc) is 2.75. The van der Waals surface area contributed by atoms with Crippen molar-refractivity contribution in [2.75, 3.05) is 7.11 Å². The number of phenols is 2. The third-order valence-electron chi connectivity index (χ3n) is 2.89. The van der Waals surface area contributed by atoms with Crippen molar-refractivity contribution in [2.45, 2.75) is 12.5 Å². The minimum atomic E-state index is -0.688. The molecule has 1 atom stereocenters. The standard InChI is InChI=1S/C15H14O6/c1-20-14(18)8-13-10(6-15(19)21-13)3-2-9-4-11(16)7-12(17)5-9/h2-7,13,16-17H,8H2,1H3/t13-/m1/s1. The molecule has 1 aliphatic rings. The Bertz CT molecular complexity index is 609. The van der Waals surface area contributed by atoms with E-state index in [0.717, 1.165) is 0 Å². The highest BCUT2D eigenvalue weighted by atomic mass is 16.6. The number of phenolic OH excluding ortho intramolecular Hbond substituents is 2. The molecule has 1 aliphatic heterocycles. The number of esters is 2. The zero-order valence-corrected chi connectivity index (χ0v) is 11.3. The molecule has 0 spiro atoms. The molecule has 0 aromatic heterocycles. The predicted octanol–water partition coefficient (Wildman–Crippen LogP) is 1.53. The Morgan fingerprint density at radius 3 is 2.57 bits per heavy atom. The van der Waals surface area contributed by atoms with Crippen LogP contribution in [-0.2, 0) is 19.1 Å². The van der Waals surface area contributed by atoms with Gasteiger partial charge < -0.3 is 19.7 Å². The normalized spacial score (nSPS) is 17.7. The number of carbonyl (C=O) groups is 2. The summed E-state index contributed by atoms with van der Waals surface area (Å²) in [5.74, 6) is -1.16. The van der Waals surface area contributed by atoms with Gasteiger partial charge in [0.25, 0.3) is 0 Å². The minimum Gasteiger partial charge on any atom is -0.508 e. The average molecular weight is 290 g/mol. The fourth-order valence-electron chi connectivity index (χ4n) is 1.93. The maximum absolute atomic E-state index is 11.3. The number of benzene rings is 1. The van der Waals surface area contributed by atoms with Crippen LogP contribution in [0.4, 0.5) is 0 Å². The van der Waals surface area contributed by atoms with Crippen molar-refractivity contribution in [3.8, 4) is 11.5 Å². The summed E-state index contributed by atoms with van der Waals surface area (Å²) in [4.78, 5) is 22.5. The Labute approximate surface area is 120 Å². The van der Waals surface area contributed by atoms with Crippen LogP contribution in [0.2, 0.25) is 0 Å². The minimum absolute atomic E-state index is 0.0658. The Hall–Kier alpha value is -2.76. The second-order valence-corrected chi connectivity index (χ2v) is 4.47. The molecule has 21 heavy (non-hydrogen) atoms. The topological polar surface area (TPSA) is 93.1 Å². The number of rotatable bonds is 4. The number of hydrogen-bond donors (Lipinski definition) is 2. The van der Waals surface area contributed by atoms with Gasteiger partial charge >= 0.3 is 11.9 Å². The summed E-state index contributed by atoms with van der Waals surface area (Å²) in [7, 11) is 1.26. The van der Waals surface area contributed by atoms with Gasteiger partial charge in [0, 0.05) is 17.7 Å². The van der Waals surface area contributed by atoms with Gasteiger partial charge in [0.15, 0.2) is 0 Å². The SMILES string of the molecule is COC(=O)C[C@H]1OC(=O)C=C1C=Cc1cc(O)cc(O)c1. The van der Waals surface area contributed by atoms with Crippen LogP contribution < -0.4 is 0 Å². The van der Waals surface area contributed by atoms with E-state index in [-0.39, 0.29) is 17.9 Å². The number of methoxy groups -OCH3 is 1. The van der Waals surface area contributed by atoms with E-state index in [1.807, 2.05) is 0 Å². The first-order chi connectivity index (χ1) is 9.97. The summed E-state index contributed by atoms with van der Waals surface area (Å²) < 4.78 is 9.54. The summed E-state index contributed by atoms with van der Waals surface area (Å²) in [6.45, 7) is 0. The van der Waals surface area contributed by atoms with E-state index >= 15 is 0 Å². The highest BCUT2D eigenvalue weighted by Crippen LogP contribution is 2.24. The fraction of sp³-hybridized carbons (Fsp3) is 0.200. The predicted molar refractivity (Wildman–Crippen MR) is 73.4 cm³/mol. The molecule has 1 aromatic rings. The highest BCUT2D eigenvalue weighted by molar-refractivity contribution is 5.88. The zero-order chi connectivity index (χ0) is 15.4. The fourth-order valence-corrected chi connectivity index (χ4v) is 1.93. The molecular formula is C15H14O6. The van der Waals surface area contributed by atoms with Crippen molar-refractivity contribution in [3.63, 3.8) is 0 Å². The number of hydrogen-bond acceptors (Lipinski definition) is 6. The lowest BCUT2D eigenvalue weighted by atomic mass is 10.1. The van der Waals surface area contributed by atoms with Gasteiger partial charge in [0.1, 0.15) is 17.6 Å². The molecule has 0 saturated carbocycles. The molecule has 0 bridgehead atoms. The maximum Gasteiger partial charge on any atom is 0.331 e. The maximum atomic E-state index is 11.3. The van der Waals surface area contributed by atoms with E-state index in [0.29, 0.717) is 11.1 Å². The van der Waals surface area contributed by atoms with Gasteiger partial charge in [-0.3, -0.25) is 4.79 Å². The van der Waals surface area contributed by atoms with Gasteiger partial charge in [-0.2, -0.15) is 0 Å². The van der Waals surface area contributed by atoms with Gasteiger partial charge in [-0.15, -0.1) is 0 Å². The van der Waals surface area contributed by atoms with Gasteiger partial charge in [-0.1, -0.05) is 12.2 Å². The Morgan fingerprint density at radius 2 is 1.95 bits per heavy atom. The van der Waals surface area contributed by atoms with Crippen molar-refractivity contribution in [3.05, 3.63) is 41.5 Å². The van der Waals surface area contributed by atoms with Crippen molar-refractivity contribution in [1.29, 1.82) is 0 Å². The Kier molecular flexibility index (Phi) is 4.27. The zero-order valence-electron chi connectivity index (χ0n) is 11.3. The van der Waals surface area contributed by atoms with Gasteiger partial charge in [0.2, 0.25) is 0 Å². The molecule has 0 amide bonds. The summed E-state index contributed by atoms with van der Waals surface area (Å²) in [6.07, 6.45) is 3.72. The number of cyclic esters (lactones) is 1. The van der Waals surface area contributed by atoms with Gasteiger partial charge in [-0.25, -0.2) is 4.79 Å². The van der Waals surface area contributed by atoms with E-state index in [4.69, 9.17) is 4.74 Å². The molecule has 0 unspecified atom stereocenters. The van der Waals surface area contributed by atoms with Crippen molar-refractivity contribution in [1.82, 2.24) is 0 Å². The highest BCUT2D eigenvalue weighted by Gasteiger charge is 2.27. The summed E-state index contributed by atoms with van der Waals surface area (Å²) in [5, 5.41) is 18.8. The monoisotopic (exact) mass is 290 g/mol. The molecule has 6 heteroatoms. The van der Waals surface area contributed by atoms with Gasteiger partial charge in [0.05, 0.1) is 13.5 Å². The van der Waals surface area contributed by atoms with E-state index < -0.39 is 18.0 Å². The molecule has 110 valence electrons. The first-order valence-corrected chi connectivity index (χ1v) is 6.18. The van der Waals surface area contributed by atoms with Crippen LogP contribution in [0.5, 0.6) is 11.5 Å². The molecule has 2 N–H and O–H groups in total. The largest absolute Gasteiger partial charge is 0.508 e. The first kappa shape index (κ1) is 14.6. The number of ether oxygens (including phenoxy) is 2. The molecule has 1 aromatic carbocycles. The number of carbonyl (C=O) groups excluding carboxylic acids is 2. The smallest absolute Gasteiger partial charge is 0.331 e. The lowest BCUT2D eigenvalue weighted by Gasteiger charge is -2.10. The van der Waals surface area contributed by atoms with E-state index in [1.54, 1.807) is 12.2 Å². The van der Waals surface area contributed by atoms with Crippen molar-refractivity contribution >= 4 is 18.0 Å². The summed E-state index contributed by atoms with van der Waals surface area (Å²) in [5.41, 5.74) is 1.07. The van der Waals surface area contributed by atoms with Crippen LogP contribution in [0.1, 0.15) is 12.0 Å². The van der Waals surface area contributed by atoms with Crippen LogP contribution >= 0.6 is 0 Å². The molecular weight excluding hydrogens is 276 g/mol. The Balaban J connectivity index is 2.15. The summed E-state index contributed by atoms with van der Waals surface area (Å²) in [6, 6.07) is 4.10. The van der Waals surface area contributed by atoms with Crippen LogP contribution in [0, 0.1) is 0 Å². The van der Waals surface area contributed by atoms with Gasteiger partial charge in [-0.05, 0) is 17.7 Å². The second-order valence-electron chi connectivity index (χ2n) is 4.47. The second kappa shape index (κ2) is 6.13. The molecule has 2 rings (SSSR count). The van der Waals surface area contributed by atoms with Crippen molar-refractivity contribution < 1.29 is 29.3 Å². The van der Waals surface area contributed by atoms with Crippen molar-refractivity contribution in [2.24, 2.45) is 0 Å². The van der Waals surface area contributed by atoms with Crippen LogP contribution in [0.15, 0.2) is 35.9 Å². The molecule has 1 heterocycles. The third-order valence-corrected chi connectivity index (χ3v) is 2.89. The quantitative estimate of drug-likeness (QED) is 0.817. The van der Waals surface area contributed by atoms with Crippen LogP contribution in [0.25, 0.3) is 6.08 Å². The molecule has 0 saturated heterocycles. The van der Waals surface area contributed by atoms with E-state index in [9.17, 15) is 19.8 Å². The lowest BCUT2D eigenvalue weighted by molar-refractivity contribution is -0.146. The molecule has 6 nitrogen and oxygen atoms in total. The Morgan fingerprint density at radius 1 is 1.29 bits per heavy atom. The summed E-state index contributed by atoms with van der Waals surface area (Å²) >= 11 is 0. The van der Waals surface area contributed by atoms with E-state index in [2.05, 4.69) is 4.74 Å². The number of aromatic hydroxyl groups is 2. The van der Waals surface area contributed by atoms with Crippen LogP contribution in [0.3, 0.4) is 0 Å². The molecule has 0 radical (unpaired) electrons. The lowest BCUT2D eigenvalue weighted by Crippen LogP contribution is -2.17.